The Bertz CT molecular complexity index is 1510. The number of nitrogens with zero attached hydrogens (tertiary/aromatic N) is 2. The fraction of sp³-hybridized carbons (Fsp3) is 0.269. The highest BCUT2D eigenvalue weighted by Crippen LogP contribution is 2.36. The van der Waals surface area contributed by atoms with Crippen LogP contribution in [0.3, 0.4) is 0 Å². The highest BCUT2D eigenvalue weighted by Gasteiger charge is 2.24. The van der Waals surface area contributed by atoms with Gasteiger partial charge < -0.3 is 14.2 Å². The Kier molecular flexibility index (Phi) is 5.74. The normalized spacial score (nSPS) is 14.2. The molecule has 0 N–H and O–H groups in total. The summed E-state index contributed by atoms with van der Waals surface area (Å²) in [6.07, 6.45) is 4.12. The number of carbonyl (C=O) groups is 1. The van der Waals surface area contributed by atoms with Gasteiger partial charge in [-0.15, -0.1) is 11.3 Å². The van der Waals surface area contributed by atoms with Crippen molar-refractivity contribution in [2.45, 2.75) is 30.8 Å². The molecule has 3 heterocycles. The van der Waals surface area contributed by atoms with Crippen LogP contribution in [0.1, 0.15) is 33.6 Å². The van der Waals surface area contributed by atoms with Gasteiger partial charge >= 0.3 is 0 Å². The van der Waals surface area contributed by atoms with Crippen LogP contribution in [-0.2, 0) is 12.8 Å². The summed E-state index contributed by atoms with van der Waals surface area (Å²) in [4.78, 5) is 33.8. The molecule has 2 aromatic carbocycles. The first-order valence-electron chi connectivity index (χ1n) is 11.4. The Hall–Kier alpha value is -3.30. The van der Waals surface area contributed by atoms with Crippen LogP contribution in [-0.4, -0.2) is 35.0 Å². The van der Waals surface area contributed by atoms with E-state index in [4.69, 9.17) is 19.2 Å². The second-order valence-electron chi connectivity index (χ2n) is 8.40. The Morgan fingerprint density at radius 1 is 1.11 bits per heavy atom. The van der Waals surface area contributed by atoms with Gasteiger partial charge in [0, 0.05) is 10.4 Å². The Morgan fingerprint density at radius 2 is 1.91 bits per heavy atom. The molecule has 7 nitrogen and oxygen atoms in total. The molecule has 0 fully saturated rings. The number of ether oxygens (including phenoxy) is 3. The first-order chi connectivity index (χ1) is 17.1. The number of thioether (sulfide) groups is 1. The van der Waals surface area contributed by atoms with Crippen LogP contribution >= 0.6 is 23.1 Å². The third kappa shape index (κ3) is 3.98. The molecule has 0 saturated carbocycles. The van der Waals surface area contributed by atoms with Crippen LogP contribution in [0, 0.1) is 0 Å². The standard InChI is InChI=1S/C26H22N2O5S2/c1-31-17-9-7-16(8-10-17)28-25(30)23-18-4-2-3-5-22(18)35-24(23)27-26(28)34-13-19(29)15-6-11-20-21(12-15)33-14-32-20/h6-12H,2-5,13-14H2,1H3. The molecule has 178 valence electrons. The highest BCUT2D eigenvalue weighted by molar-refractivity contribution is 7.99. The van der Waals surface area contributed by atoms with Gasteiger partial charge in [0.15, 0.2) is 22.4 Å². The molecule has 2 aromatic heterocycles. The molecule has 9 heteroatoms. The zero-order valence-electron chi connectivity index (χ0n) is 19.0. The van der Waals surface area contributed by atoms with E-state index < -0.39 is 0 Å². The van der Waals surface area contributed by atoms with Crippen LogP contribution in [0.25, 0.3) is 15.9 Å². The number of hydrogen-bond donors (Lipinski definition) is 0. The molecule has 2 aliphatic rings. The molecule has 4 aromatic rings. The number of ketones is 1. The van der Waals surface area contributed by atoms with Gasteiger partial charge in [-0.05, 0) is 73.7 Å². The molecule has 0 atom stereocenters. The van der Waals surface area contributed by atoms with Crippen molar-refractivity contribution < 1.29 is 19.0 Å². The number of benzene rings is 2. The van der Waals surface area contributed by atoms with Gasteiger partial charge in [0.2, 0.25) is 6.79 Å². The van der Waals surface area contributed by atoms with Crippen molar-refractivity contribution in [1.29, 1.82) is 0 Å². The number of rotatable bonds is 6. The largest absolute Gasteiger partial charge is 0.497 e. The van der Waals surface area contributed by atoms with E-state index >= 15 is 0 Å². The van der Waals surface area contributed by atoms with Crippen molar-refractivity contribution in [3.63, 3.8) is 0 Å². The minimum absolute atomic E-state index is 0.0746. The molecule has 0 radical (unpaired) electrons. The molecule has 0 amide bonds. The maximum absolute atomic E-state index is 13.8. The fourth-order valence-corrected chi connectivity index (χ4v) is 6.74. The van der Waals surface area contributed by atoms with Gasteiger partial charge in [0.05, 0.1) is 23.9 Å². The molecule has 35 heavy (non-hydrogen) atoms. The minimum atomic E-state index is -0.0856. The summed E-state index contributed by atoms with van der Waals surface area (Å²) in [5, 5.41) is 1.22. The van der Waals surface area contributed by atoms with Crippen LogP contribution in [0.4, 0.5) is 0 Å². The van der Waals surface area contributed by atoms with Crippen LogP contribution < -0.4 is 19.8 Å². The summed E-state index contributed by atoms with van der Waals surface area (Å²) in [6, 6.07) is 12.5. The SMILES string of the molecule is COc1ccc(-n2c(SCC(=O)c3ccc4c(c3)OCO4)nc3sc4c(c3c2=O)CCCC4)cc1. The third-order valence-electron chi connectivity index (χ3n) is 6.32. The summed E-state index contributed by atoms with van der Waals surface area (Å²) in [5.41, 5.74) is 2.29. The second kappa shape index (κ2) is 9.05. The van der Waals surface area contributed by atoms with E-state index in [0.29, 0.717) is 39.0 Å². The minimum Gasteiger partial charge on any atom is -0.497 e. The van der Waals surface area contributed by atoms with Crippen molar-refractivity contribution in [3.05, 3.63) is 68.8 Å². The maximum atomic E-state index is 13.8. The molecule has 6 rings (SSSR count). The van der Waals surface area contributed by atoms with Crippen LogP contribution in [0.15, 0.2) is 52.4 Å². The lowest BCUT2D eigenvalue weighted by atomic mass is 9.97. The van der Waals surface area contributed by atoms with E-state index in [1.807, 2.05) is 24.3 Å². The van der Waals surface area contributed by atoms with Crippen molar-refractivity contribution in [1.82, 2.24) is 9.55 Å². The zero-order chi connectivity index (χ0) is 23.9. The molecule has 1 aliphatic heterocycles. The molecule has 0 bridgehead atoms. The number of methoxy groups -OCH3 is 1. The van der Waals surface area contributed by atoms with E-state index in [2.05, 4.69) is 0 Å². The Balaban J connectivity index is 1.40. The van der Waals surface area contributed by atoms with Gasteiger partial charge in [0.1, 0.15) is 10.6 Å². The Labute approximate surface area is 209 Å². The second-order valence-corrected chi connectivity index (χ2v) is 10.4. The number of hydrogen-bond acceptors (Lipinski definition) is 8. The van der Waals surface area contributed by atoms with Gasteiger partial charge in [-0.1, -0.05) is 11.8 Å². The first kappa shape index (κ1) is 22.2. The lowest BCUT2D eigenvalue weighted by molar-refractivity contribution is 0.102. The topological polar surface area (TPSA) is 79.7 Å². The molecule has 0 unspecified atom stereocenters. The van der Waals surface area contributed by atoms with E-state index in [9.17, 15) is 9.59 Å². The summed E-state index contributed by atoms with van der Waals surface area (Å²) in [7, 11) is 1.61. The highest BCUT2D eigenvalue weighted by atomic mass is 32.2. The zero-order valence-corrected chi connectivity index (χ0v) is 20.7. The first-order valence-corrected chi connectivity index (χ1v) is 13.2. The monoisotopic (exact) mass is 506 g/mol. The lowest BCUT2D eigenvalue weighted by Crippen LogP contribution is -2.22. The summed E-state index contributed by atoms with van der Waals surface area (Å²) in [5.74, 6) is 1.97. The molecule has 0 saturated heterocycles. The van der Waals surface area contributed by atoms with Crippen molar-refractivity contribution >= 4 is 39.1 Å². The third-order valence-corrected chi connectivity index (χ3v) is 8.44. The van der Waals surface area contributed by atoms with Crippen molar-refractivity contribution in [3.8, 4) is 22.9 Å². The van der Waals surface area contributed by atoms with E-state index in [-0.39, 0.29) is 23.9 Å². The summed E-state index contributed by atoms with van der Waals surface area (Å²) in [6.45, 7) is 0.157. The number of thiophene rings is 1. The van der Waals surface area contributed by atoms with Gasteiger partial charge in [-0.25, -0.2) is 4.98 Å². The molecular formula is C26H22N2O5S2. The average Bonchev–Trinajstić information content (AvgIpc) is 3.51. The average molecular weight is 507 g/mol. The number of carbonyl (C=O) groups excluding carboxylic acids is 1. The number of Topliss-reactive ketones (excluding diaryl/α,β-unsaturated/α-hetero) is 1. The number of fused-ring (bicyclic) bond motifs is 4. The number of aromatic nitrogens is 2. The van der Waals surface area contributed by atoms with Crippen molar-refractivity contribution in [2.75, 3.05) is 19.7 Å². The lowest BCUT2D eigenvalue weighted by Gasteiger charge is -2.14. The van der Waals surface area contributed by atoms with E-state index in [1.54, 1.807) is 41.2 Å². The van der Waals surface area contributed by atoms with E-state index in [1.165, 1.54) is 16.6 Å². The fourth-order valence-electron chi connectivity index (χ4n) is 4.53. The molecule has 1 aliphatic carbocycles. The molecule has 0 spiro atoms. The summed E-state index contributed by atoms with van der Waals surface area (Å²) < 4.78 is 17.7. The quantitative estimate of drug-likeness (QED) is 0.206. The van der Waals surface area contributed by atoms with Gasteiger partial charge in [-0.2, -0.15) is 0 Å². The van der Waals surface area contributed by atoms with Crippen LogP contribution in [0.5, 0.6) is 17.2 Å². The molecular weight excluding hydrogens is 484 g/mol. The maximum Gasteiger partial charge on any atom is 0.267 e. The van der Waals surface area contributed by atoms with E-state index in [0.717, 1.165) is 36.1 Å². The summed E-state index contributed by atoms with van der Waals surface area (Å²) >= 11 is 2.88. The van der Waals surface area contributed by atoms with Crippen molar-refractivity contribution in [2.24, 2.45) is 0 Å². The Morgan fingerprint density at radius 3 is 2.74 bits per heavy atom. The van der Waals surface area contributed by atoms with Gasteiger partial charge in [0.25, 0.3) is 5.56 Å². The predicted octanol–water partition coefficient (Wildman–Crippen LogP) is 5.04. The van der Waals surface area contributed by atoms with Gasteiger partial charge in [-0.3, -0.25) is 14.2 Å². The van der Waals surface area contributed by atoms with Crippen LogP contribution in [0.2, 0.25) is 0 Å². The smallest absolute Gasteiger partial charge is 0.267 e. The predicted molar refractivity (Wildman–Crippen MR) is 136 cm³/mol. The number of aryl methyl sites for hydroxylation is 2.